The molecular formula is C30H61N2O5P. The van der Waals surface area contributed by atoms with Gasteiger partial charge in [0.2, 0.25) is 5.91 Å². The van der Waals surface area contributed by atoms with E-state index >= 15 is 0 Å². The second-order valence-corrected chi connectivity index (χ2v) is 12.6. The Morgan fingerprint density at radius 2 is 1.05 bits per heavy atom. The number of phosphoric acid groups is 1. The van der Waals surface area contributed by atoms with Gasteiger partial charge < -0.3 is 9.79 Å². The molecule has 1 amide bonds. The number of hydrogen-bond acceptors (Lipinski definition) is 5. The molecule has 0 aliphatic carbocycles. The SMILES string of the molecule is CCCCCCCCCCCCCCC(=O)N1CCN(CCOP(=O)(O)OCCCCCCCCC)CC1. The summed E-state index contributed by atoms with van der Waals surface area (Å²) in [6.07, 6.45) is 24.3. The summed E-state index contributed by atoms with van der Waals surface area (Å²) in [5.74, 6) is 0.270. The highest BCUT2D eigenvalue weighted by Crippen LogP contribution is 2.43. The third kappa shape index (κ3) is 20.4. The summed E-state index contributed by atoms with van der Waals surface area (Å²) in [6, 6.07) is 0. The van der Waals surface area contributed by atoms with Gasteiger partial charge >= 0.3 is 7.82 Å². The molecule has 1 N–H and O–H groups in total. The average molecular weight is 561 g/mol. The van der Waals surface area contributed by atoms with Crippen molar-refractivity contribution in [1.29, 1.82) is 0 Å². The zero-order chi connectivity index (χ0) is 27.7. The molecule has 1 fully saturated rings. The first kappa shape index (κ1) is 35.6. The van der Waals surface area contributed by atoms with Crippen LogP contribution in [0.1, 0.15) is 142 Å². The van der Waals surface area contributed by atoms with Crippen LogP contribution in [-0.4, -0.2) is 66.5 Å². The van der Waals surface area contributed by atoms with Gasteiger partial charge in [0.15, 0.2) is 0 Å². The highest BCUT2D eigenvalue weighted by molar-refractivity contribution is 7.47. The van der Waals surface area contributed by atoms with Crippen molar-refractivity contribution in [2.24, 2.45) is 0 Å². The molecule has 0 aromatic rings. The summed E-state index contributed by atoms with van der Waals surface area (Å²) >= 11 is 0. The molecule has 1 aliphatic rings. The molecule has 1 unspecified atom stereocenters. The Morgan fingerprint density at radius 3 is 1.55 bits per heavy atom. The van der Waals surface area contributed by atoms with Crippen molar-refractivity contribution in [2.45, 2.75) is 142 Å². The molecule has 1 rings (SSSR count). The predicted octanol–water partition coefficient (Wildman–Crippen LogP) is 8.11. The number of amides is 1. The van der Waals surface area contributed by atoms with Crippen LogP contribution >= 0.6 is 7.82 Å². The Labute approximate surface area is 235 Å². The third-order valence-electron chi connectivity index (χ3n) is 7.63. The molecule has 0 bridgehead atoms. The summed E-state index contributed by atoms with van der Waals surface area (Å²) in [6.45, 7) is 8.48. The van der Waals surface area contributed by atoms with Crippen molar-refractivity contribution >= 4 is 13.7 Å². The molecular weight excluding hydrogens is 499 g/mol. The number of nitrogens with zero attached hydrogens (tertiary/aromatic N) is 2. The quantitative estimate of drug-likeness (QED) is 0.0850. The van der Waals surface area contributed by atoms with Gasteiger partial charge in [0.1, 0.15) is 0 Å². The largest absolute Gasteiger partial charge is 0.472 e. The van der Waals surface area contributed by atoms with Crippen LogP contribution in [0.25, 0.3) is 0 Å². The van der Waals surface area contributed by atoms with E-state index in [0.717, 1.165) is 58.3 Å². The maximum atomic E-state index is 12.5. The summed E-state index contributed by atoms with van der Waals surface area (Å²) < 4.78 is 22.3. The van der Waals surface area contributed by atoms with Crippen LogP contribution < -0.4 is 0 Å². The normalized spacial score (nSPS) is 16.1. The zero-order valence-corrected chi connectivity index (χ0v) is 25.9. The Hall–Kier alpha value is -0.460. The number of phosphoric ester groups is 1. The van der Waals surface area contributed by atoms with Gasteiger partial charge in [-0.25, -0.2) is 4.57 Å². The van der Waals surface area contributed by atoms with Crippen molar-refractivity contribution in [3.05, 3.63) is 0 Å². The second kappa shape index (κ2) is 24.3. The lowest BCUT2D eigenvalue weighted by molar-refractivity contribution is -0.133. The van der Waals surface area contributed by atoms with Crippen molar-refractivity contribution in [3.63, 3.8) is 0 Å². The minimum atomic E-state index is -3.98. The number of hydrogen-bond donors (Lipinski definition) is 1. The first-order chi connectivity index (χ1) is 18.5. The minimum absolute atomic E-state index is 0.164. The summed E-state index contributed by atoms with van der Waals surface area (Å²) in [5.41, 5.74) is 0. The number of carbonyl (C=O) groups is 1. The van der Waals surface area contributed by atoms with Crippen molar-refractivity contribution in [2.75, 3.05) is 45.9 Å². The summed E-state index contributed by atoms with van der Waals surface area (Å²) in [7, 11) is -3.98. The van der Waals surface area contributed by atoms with E-state index in [0.29, 0.717) is 13.0 Å². The van der Waals surface area contributed by atoms with Crippen molar-refractivity contribution in [1.82, 2.24) is 9.80 Å². The molecule has 1 aliphatic heterocycles. The lowest BCUT2D eigenvalue weighted by Crippen LogP contribution is -2.49. The molecule has 1 atom stereocenters. The molecule has 38 heavy (non-hydrogen) atoms. The predicted molar refractivity (Wildman–Crippen MR) is 158 cm³/mol. The van der Waals surface area contributed by atoms with Crippen LogP contribution in [0.15, 0.2) is 0 Å². The second-order valence-electron chi connectivity index (χ2n) is 11.1. The Morgan fingerprint density at radius 1 is 0.632 bits per heavy atom. The molecule has 226 valence electrons. The highest BCUT2D eigenvalue weighted by Gasteiger charge is 2.23. The number of piperazine rings is 1. The molecule has 8 heteroatoms. The fraction of sp³-hybridized carbons (Fsp3) is 0.967. The molecule has 7 nitrogen and oxygen atoms in total. The van der Waals surface area contributed by atoms with Crippen LogP contribution in [0.4, 0.5) is 0 Å². The zero-order valence-electron chi connectivity index (χ0n) is 25.0. The summed E-state index contributed by atoms with van der Waals surface area (Å²) in [5, 5.41) is 0. The lowest BCUT2D eigenvalue weighted by Gasteiger charge is -2.34. The van der Waals surface area contributed by atoms with Crippen molar-refractivity contribution < 1.29 is 23.3 Å². The van der Waals surface area contributed by atoms with E-state index in [-0.39, 0.29) is 19.1 Å². The smallest absolute Gasteiger partial charge is 0.340 e. The molecule has 0 aromatic carbocycles. The van der Waals surface area contributed by atoms with E-state index in [1.807, 2.05) is 4.90 Å². The van der Waals surface area contributed by atoms with Crippen LogP contribution in [0.2, 0.25) is 0 Å². The van der Waals surface area contributed by atoms with E-state index in [2.05, 4.69) is 18.7 Å². The van der Waals surface area contributed by atoms with Gasteiger partial charge in [-0.3, -0.25) is 18.7 Å². The van der Waals surface area contributed by atoms with Gasteiger partial charge in [0, 0.05) is 39.1 Å². The maximum absolute atomic E-state index is 12.5. The van der Waals surface area contributed by atoms with Crippen molar-refractivity contribution in [3.8, 4) is 0 Å². The van der Waals surface area contributed by atoms with Gasteiger partial charge in [0.25, 0.3) is 0 Å². The third-order valence-corrected chi connectivity index (χ3v) is 8.65. The van der Waals surface area contributed by atoms with Crippen LogP contribution in [0.3, 0.4) is 0 Å². The van der Waals surface area contributed by atoms with E-state index in [1.54, 1.807) is 0 Å². The first-order valence-corrected chi connectivity index (χ1v) is 17.6. The molecule has 1 saturated heterocycles. The van der Waals surface area contributed by atoms with Gasteiger partial charge in [-0.2, -0.15) is 0 Å². The number of carbonyl (C=O) groups excluding carboxylic acids is 1. The molecule has 0 radical (unpaired) electrons. The number of unbranched alkanes of at least 4 members (excludes halogenated alkanes) is 17. The molecule has 0 saturated carbocycles. The standard InChI is InChI=1S/C30H61N2O5P/c1-3-5-7-9-11-12-13-14-15-16-18-20-22-30(33)32-25-23-31(24-26-32)27-29-37-38(34,35)36-28-21-19-17-10-8-6-4-2/h3-29H2,1-2H3,(H,34,35). The Balaban J connectivity index is 1.96. The number of rotatable bonds is 26. The van der Waals surface area contributed by atoms with Crippen LogP contribution in [-0.2, 0) is 18.4 Å². The molecule has 0 spiro atoms. The average Bonchev–Trinajstić information content (AvgIpc) is 2.91. The Bertz CT molecular complexity index is 599. The molecule has 0 aromatic heterocycles. The van der Waals surface area contributed by atoms with Gasteiger partial charge in [-0.15, -0.1) is 0 Å². The van der Waals surface area contributed by atoms with E-state index in [9.17, 15) is 14.3 Å². The Kier molecular flexibility index (Phi) is 22.8. The van der Waals surface area contributed by atoms with Gasteiger partial charge in [0.05, 0.1) is 13.2 Å². The van der Waals surface area contributed by atoms with E-state index in [4.69, 9.17) is 9.05 Å². The van der Waals surface area contributed by atoms with Crippen LogP contribution in [0.5, 0.6) is 0 Å². The topological polar surface area (TPSA) is 79.3 Å². The molecule has 1 heterocycles. The van der Waals surface area contributed by atoms with E-state index < -0.39 is 7.82 Å². The fourth-order valence-corrected chi connectivity index (χ4v) is 5.80. The maximum Gasteiger partial charge on any atom is 0.472 e. The lowest BCUT2D eigenvalue weighted by atomic mass is 10.0. The van der Waals surface area contributed by atoms with Gasteiger partial charge in [-0.1, -0.05) is 123 Å². The van der Waals surface area contributed by atoms with Gasteiger partial charge in [-0.05, 0) is 12.8 Å². The highest BCUT2D eigenvalue weighted by atomic mass is 31.2. The monoisotopic (exact) mass is 560 g/mol. The first-order valence-electron chi connectivity index (χ1n) is 16.1. The minimum Gasteiger partial charge on any atom is -0.340 e. The van der Waals surface area contributed by atoms with E-state index in [1.165, 1.54) is 89.9 Å². The summed E-state index contributed by atoms with van der Waals surface area (Å²) in [4.78, 5) is 26.6. The fourth-order valence-electron chi connectivity index (χ4n) is 5.06. The van der Waals surface area contributed by atoms with Crippen LogP contribution in [0, 0.1) is 0 Å².